The van der Waals surface area contributed by atoms with Crippen molar-refractivity contribution < 1.29 is 9.72 Å². The molecule has 0 radical (unpaired) electrons. The number of rotatable bonds is 4. The van der Waals surface area contributed by atoms with Crippen LogP contribution < -0.4 is 0 Å². The highest BCUT2D eigenvalue weighted by molar-refractivity contribution is 7.98. The van der Waals surface area contributed by atoms with Crippen molar-refractivity contribution in [1.29, 1.82) is 0 Å². The molecule has 4 nitrogen and oxygen atoms in total. The summed E-state index contributed by atoms with van der Waals surface area (Å²) in [5, 5.41) is 9.97. The number of nitro benzene ring substituents is 1. The molecule has 0 N–H and O–H groups in total. The van der Waals surface area contributed by atoms with E-state index < -0.39 is 10.3 Å². The largest absolute Gasteiger partial charge is 0.298 e. The van der Waals surface area contributed by atoms with Crippen LogP contribution in [0, 0.1) is 10.1 Å². The first kappa shape index (κ1) is 13.0. The second-order valence-corrected chi connectivity index (χ2v) is 4.45. The summed E-state index contributed by atoms with van der Waals surface area (Å²) in [7, 11) is 0. The number of thioether (sulfide) groups is 1. The van der Waals surface area contributed by atoms with E-state index in [1.54, 1.807) is 18.4 Å². The molecular weight excluding hydrogens is 250 g/mol. The van der Waals surface area contributed by atoms with Crippen molar-refractivity contribution in [3.05, 3.63) is 33.9 Å². The minimum atomic E-state index is -0.824. The van der Waals surface area contributed by atoms with Crippen molar-refractivity contribution in [1.82, 2.24) is 0 Å². The quantitative estimate of drug-likeness (QED) is 0.361. The van der Waals surface area contributed by atoms with Crippen LogP contribution in [0.5, 0.6) is 0 Å². The minimum absolute atomic E-state index is 0.0168. The van der Waals surface area contributed by atoms with Gasteiger partial charge in [0.05, 0.1) is 9.82 Å². The highest BCUT2D eigenvalue weighted by atomic mass is 35.5. The number of nitro groups is 1. The highest BCUT2D eigenvalue weighted by Gasteiger charge is 2.19. The Morgan fingerprint density at radius 3 is 2.62 bits per heavy atom. The Morgan fingerprint density at radius 1 is 1.56 bits per heavy atom. The van der Waals surface area contributed by atoms with Gasteiger partial charge in [0.1, 0.15) is 5.38 Å². The van der Waals surface area contributed by atoms with Crippen LogP contribution in [-0.4, -0.2) is 17.0 Å². The van der Waals surface area contributed by atoms with Gasteiger partial charge in [0.25, 0.3) is 5.69 Å². The monoisotopic (exact) mass is 259 g/mol. The van der Waals surface area contributed by atoms with Crippen LogP contribution in [0.4, 0.5) is 5.69 Å². The van der Waals surface area contributed by atoms with Gasteiger partial charge < -0.3 is 0 Å². The van der Waals surface area contributed by atoms with E-state index in [0.29, 0.717) is 10.5 Å². The molecule has 86 valence electrons. The standard InChI is InChI=1S/C10H10ClNO3S/c1-6(13)10(11)7-3-4-9(16-2)8(5-7)12(14)15/h3-5,10H,1-2H3. The number of nitrogens with zero attached hydrogens (tertiary/aromatic N) is 1. The number of hydrogen-bond acceptors (Lipinski definition) is 4. The molecule has 0 aliphatic rings. The molecule has 1 unspecified atom stereocenters. The molecule has 1 rings (SSSR count). The number of carbonyl (C=O) groups excluding carboxylic acids is 1. The van der Waals surface area contributed by atoms with Gasteiger partial charge in [-0.3, -0.25) is 14.9 Å². The number of Topliss-reactive ketones (excluding diaryl/α,β-unsaturated/α-hetero) is 1. The van der Waals surface area contributed by atoms with E-state index in [9.17, 15) is 14.9 Å². The molecule has 0 aromatic heterocycles. The zero-order valence-electron chi connectivity index (χ0n) is 8.77. The minimum Gasteiger partial charge on any atom is -0.298 e. The van der Waals surface area contributed by atoms with Crippen LogP contribution in [0.25, 0.3) is 0 Å². The third-order valence-corrected chi connectivity index (χ3v) is 3.39. The summed E-state index contributed by atoms with van der Waals surface area (Å²) in [5.74, 6) is -0.229. The summed E-state index contributed by atoms with van der Waals surface area (Å²) >= 11 is 7.12. The van der Waals surface area contributed by atoms with Gasteiger partial charge in [0.2, 0.25) is 0 Å². The van der Waals surface area contributed by atoms with E-state index in [0.717, 1.165) is 0 Å². The van der Waals surface area contributed by atoms with E-state index in [-0.39, 0.29) is 11.5 Å². The Hall–Kier alpha value is -1.07. The lowest BCUT2D eigenvalue weighted by Gasteiger charge is -2.07. The maximum Gasteiger partial charge on any atom is 0.283 e. The molecule has 0 aliphatic carbocycles. The lowest BCUT2D eigenvalue weighted by Crippen LogP contribution is -2.02. The summed E-state index contributed by atoms with van der Waals surface area (Å²) in [4.78, 5) is 21.9. The molecule has 0 saturated heterocycles. The Labute approximate surface area is 102 Å². The van der Waals surface area contributed by atoms with Gasteiger partial charge >= 0.3 is 0 Å². The zero-order valence-corrected chi connectivity index (χ0v) is 10.3. The van der Waals surface area contributed by atoms with Gasteiger partial charge in [0.15, 0.2) is 5.78 Å². The molecular formula is C10H10ClNO3S. The maximum absolute atomic E-state index is 11.1. The number of alkyl halides is 1. The second-order valence-electron chi connectivity index (χ2n) is 3.16. The maximum atomic E-state index is 11.1. The fraction of sp³-hybridized carbons (Fsp3) is 0.300. The number of benzene rings is 1. The highest BCUT2D eigenvalue weighted by Crippen LogP contribution is 2.32. The smallest absolute Gasteiger partial charge is 0.283 e. The molecule has 16 heavy (non-hydrogen) atoms. The number of ketones is 1. The molecule has 0 saturated carbocycles. The van der Waals surface area contributed by atoms with Gasteiger partial charge in [-0.15, -0.1) is 23.4 Å². The van der Waals surface area contributed by atoms with Gasteiger partial charge in [-0.2, -0.15) is 0 Å². The van der Waals surface area contributed by atoms with Crippen molar-refractivity contribution in [2.75, 3.05) is 6.26 Å². The third kappa shape index (κ3) is 2.74. The van der Waals surface area contributed by atoms with Crippen LogP contribution in [0.15, 0.2) is 23.1 Å². The zero-order chi connectivity index (χ0) is 12.3. The van der Waals surface area contributed by atoms with Crippen molar-refractivity contribution in [2.24, 2.45) is 0 Å². The summed E-state index contributed by atoms with van der Waals surface area (Å²) in [6.07, 6.45) is 1.76. The molecule has 0 bridgehead atoms. The molecule has 0 fully saturated rings. The summed E-state index contributed by atoms with van der Waals surface area (Å²) in [6, 6.07) is 4.60. The van der Waals surface area contributed by atoms with Crippen LogP contribution in [0.1, 0.15) is 17.9 Å². The third-order valence-electron chi connectivity index (χ3n) is 2.05. The molecule has 1 atom stereocenters. The van der Waals surface area contributed by atoms with Crippen LogP contribution >= 0.6 is 23.4 Å². The molecule has 6 heteroatoms. The van der Waals surface area contributed by atoms with Crippen molar-refractivity contribution >= 4 is 34.8 Å². The Bertz CT molecular complexity index is 436. The van der Waals surface area contributed by atoms with Gasteiger partial charge in [-0.25, -0.2) is 0 Å². The van der Waals surface area contributed by atoms with Crippen molar-refractivity contribution in [3.63, 3.8) is 0 Å². The second kappa shape index (κ2) is 5.32. The lowest BCUT2D eigenvalue weighted by atomic mass is 10.1. The number of carbonyl (C=O) groups is 1. The number of hydrogen-bond donors (Lipinski definition) is 0. The average molecular weight is 260 g/mol. The van der Waals surface area contributed by atoms with E-state index in [1.165, 1.54) is 24.8 Å². The molecule has 0 heterocycles. The Morgan fingerprint density at radius 2 is 2.19 bits per heavy atom. The fourth-order valence-corrected chi connectivity index (χ4v) is 1.92. The molecule has 1 aromatic carbocycles. The molecule has 0 amide bonds. The fourth-order valence-electron chi connectivity index (χ4n) is 1.24. The topological polar surface area (TPSA) is 60.2 Å². The van der Waals surface area contributed by atoms with Gasteiger partial charge in [-0.1, -0.05) is 6.07 Å². The molecule has 0 aliphatic heterocycles. The first-order chi connectivity index (χ1) is 7.47. The van der Waals surface area contributed by atoms with Crippen molar-refractivity contribution in [2.45, 2.75) is 17.2 Å². The molecule has 1 aromatic rings. The van der Waals surface area contributed by atoms with Crippen molar-refractivity contribution in [3.8, 4) is 0 Å². The lowest BCUT2D eigenvalue weighted by molar-refractivity contribution is -0.387. The predicted octanol–water partition coefficient (Wildman–Crippen LogP) is 3.19. The van der Waals surface area contributed by atoms with E-state index in [4.69, 9.17) is 11.6 Å². The Kier molecular flexibility index (Phi) is 4.32. The SMILES string of the molecule is CSc1ccc(C(Cl)C(C)=O)cc1[N+](=O)[O-]. The van der Waals surface area contributed by atoms with Crippen LogP contribution in [-0.2, 0) is 4.79 Å². The van der Waals surface area contributed by atoms with Crippen LogP contribution in [0.2, 0.25) is 0 Å². The normalized spacial score (nSPS) is 12.2. The van der Waals surface area contributed by atoms with E-state index in [2.05, 4.69) is 0 Å². The average Bonchev–Trinajstić information content (AvgIpc) is 2.26. The first-order valence-electron chi connectivity index (χ1n) is 4.44. The summed E-state index contributed by atoms with van der Waals surface area (Å²) in [5.41, 5.74) is 0.440. The summed E-state index contributed by atoms with van der Waals surface area (Å²) < 4.78 is 0. The van der Waals surface area contributed by atoms with E-state index >= 15 is 0 Å². The van der Waals surface area contributed by atoms with Crippen LogP contribution in [0.3, 0.4) is 0 Å². The Balaban J connectivity index is 3.21. The molecule has 0 spiro atoms. The van der Waals surface area contributed by atoms with Gasteiger partial charge in [0, 0.05) is 6.07 Å². The predicted molar refractivity (Wildman–Crippen MR) is 64.2 cm³/mol. The first-order valence-corrected chi connectivity index (χ1v) is 6.10. The van der Waals surface area contributed by atoms with E-state index in [1.807, 2.05) is 0 Å². The van der Waals surface area contributed by atoms with Gasteiger partial charge in [-0.05, 0) is 24.8 Å². The number of halogens is 1. The summed E-state index contributed by atoms with van der Waals surface area (Å²) in [6.45, 7) is 1.35.